The highest BCUT2D eigenvalue weighted by Gasteiger charge is 2.49. The lowest BCUT2D eigenvalue weighted by Crippen LogP contribution is -2.27. The first-order chi connectivity index (χ1) is 7.09. The molecular formula is C11H16O4. The minimum Gasteiger partial charge on any atom is -0.481 e. The van der Waals surface area contributed by atoms with Gasteiger partial charge in [-0.2, -0.15) is 0 Å². The highest BCUT2D eigenvalue weighted by molar-refractivity contribution is 5.95. The van der Waals surface area contributed by atoms with E-state index in [-0.39, 0.29) is 12.0 Å². The van der Waals surface area contributed by atoms with Crippen LogP contribution in [0.2, 0.25) is 0 Å². The maximum absolute atomic E-state index is 11.4. The molecule has 0 aromatic carbocycles. The molecule has 0 aromatic rings. The Kier molecular flexibility index (Phi) is 2.67. The fourth-order valence-corrected chi connectivity index (χ4v) is 2.68. The SMILES string of the molecule is C[C@H]1CC[C@H]2[C@H](C(=O)O)C(=O)O[C@H]2CC1. The van der Waals surface area contributed by atoms with E-state index >= 15 is 0 Å². The number of fused-ring (bicyclic) bond motifs is 1. The molecule has 1 aliphatic carbocycles. The van der Waals surface area contributed by atoms with E-state index in [1.165, 1.54) is 0 Å². The maximum Gasteiger partial charge on any atom is 0.321 e. The largest absolute Gasteiger partial charge is 0.481 e. The first kappa shape index (κ1) is 10.5. The van der Waals surface area contributed by atoms with Crippen LogP contribution in [-0.2, 0) is 14.3 Å². The zero-order chi connectivity index (χ0) is 11.0. The number of carboxylic acids is 1. The zero-order valence-corrected chi connectivity index (χ0v) is 8.81. The normalized spacial score (nSPS) is 40.5. The Morgan fingerprint density at radius 1 is 1.33 bits per heavy atom. The highest BCUT2D eigenvalue weighted by atomic mass is 16.6. The van der Waals surface area contributed by atoms with E-state index in [1.807, 2.05) is 0 Å². The van der Waals surface area contributed by atoms with Crippen molar-refractivity contribution in [1.29, 1.82) is 0 Å². The molecule has 1 aliphatic heterocycles. The molecule has 0 radical (unpaired) electrons. The van der Waals surface area contributed by atoms with E-state index in [0.29, 0.717) is 5.92 Å². The van der Waals surface area contributed by atoms with Crippen LogP contribution >= 0.6 is 0 Å². The molecule has 1 saturated carbocycles. The van der Waals surface area contributed by atoms with Crippen LogP contribution in [0.25, 0.3) is 0 Å². The number of esters is 1. The first-order valence-corrected chi connectivity index (χ1v) is 5.53. The van der Waals surface area contributed by atoms with Crippen molar-refractivity contribution in [2.45, 2.75) is 38.7 Å². The van der Waals surface area contributed by atoms with Gasteiger partial charge in [-0.3, -0.25) is 9.59 Å². The average molecular weight is 212 g/mol. The van der Waals surface area contributed by atoms with Crippen molar-refractivity contribution in [3.63, 3.8) is 0 Å². The number of ether oxygens (including phenoxy) is 1. The van der Waals surface area contributed by atoms with Gasteiger partial charge in [0.2, 0.25) is 0 Å². The Balaban J connectivity index is 2.15. The molecule has 0 spiro atoms. The smallest absolute Gasteiger partial charge is 0.321 e. The highest BCUT2D eigenvalue weighted by Crippen LogP contribution is 2.39. The molecule has 1 saturated heterocycles. The Morgan fingerprint density at radius 2 is 2.00 bits per heavy atom. The summed E-state index contributed by atoms with van der Waals surface area (Å²) in [5.41, 5.74) is 0. The van der Waals surface area contributed by atoms with Crippen molar-refractivity contribution in [3.05, 3.63) is 0 Å². The van der Waals surface area contributed by atoms with E-state index in [2.05, 4.69) is 6.92 Å². The van der Waals surface area contributed by atoms with E-state index in [4.69, 9.17) is 9.84 Å². The molecule has 84 valence electrons. The Labute approximate surface area is 88.6 Å². The molecule has 0 bridgehead atoms. The maximum atomic E-state index is 11.4. The lowest BCUT2D eigenvalue weighted by molar-refractivity contribution is -0.153. The second-order valence-electron chi connectivity index (χ2n) is 4.71. The van der Waals surface area contributed by atoms with Crippen LogP contribution in [0.15, 0.2) is 0 Å². The summed E-state index contributed by atoms with van der Waals surface area (Å²) >= 11 is 0. The second kappa shape index (κ2) is 3.83. The predicted molar refractivity (Wildman–Crippen MR) is 52.1 cm³/mol. The summed E-state index contributed by atoms with van der Waals surface area (Å²) in [6.45, 7) is 2.17. The minimum atomic E-state index is -1.03. The summed E-state index contributed by atoms with van der Waals surface area (Å²) < 4.78 is 5.15. The summed E-state index contributed by atoms with van der Waals surface area (Å²) in [7, 11) is 0. The zero-order valence-electron chi connectivity index (χ0n) is 8.81. The Bertz CT molecular complexity index is 286. The minimum absolute atomic E-state index is 0.0973. The van der Waals surface area contributed by atoms with E-state index in [0.717, 1.165) is 25.7 Å². The van der Waals surface area contributed by atoms with Gasteiger partial charge in [-0.1, -0.05) is 13.3 Å². The number of aliphatic carboxylic acids is 1. The van der Waals surface area contributed by atoms with Crippen molar-refractivity contribution in [1.82, 2.24) is 0 Å². The van der Waals surface area contributed by atoms with Gasteiger partial charge in [-0.25, -0.2) is 0 Å². The van der Waals surface area contributed by atoms with Crippen LogP contribution < -0.4 is 0 Å². The van der Waals surface area contributed by atoms with Crippen LogP contribution in [0.5, 0.6) is 0 Å². The lowest BCUT2D eigenvalue weighted by Gasteiger charge is -2.14. The molecule has 15 heavy (non-hydrogen) atoms. The van der Waals surface area contributed by atoms with Crippen LogP contribution in [0.4, 0.5) is 0 Å². The van der Waals surface area contributed by atoms with Crippen molar-refractivity contribution >= 4 is 11.9 Å². The molecule has 4 atom stereocenters. The number of carbonyl (C=O) groups excluding carboxylic acids is 1. The molecule has 4 nitrogen and oxygen atoms in total. The summed E-state index contributed by atoms with van der Waals surface area (Å²) in [5, 5.41) is 8.98. The van der Waals surface area contributed by atoms with Gasteiger partial charge in [0.1, 0.15) is 6.10 Å². The number of hydrogen-bond donors (Lipinski definition) is 1. The molecule has 4 heteroatoms. The molecule has 0 unspecified atom stereocenters. The Hall–Kier alpha value is -1.06. The molecule has 1 N–H and O–H groups in total. The number of carboxylic acid groups (broad SMARTS) is 1. The van der Waals surface area contributed by atoms with Crippen LogP contribution in [0, 0.1) is 17.8 Å². The summed E-state index contributed by atoms with van der Waals surface area (Å²) in [5.74, 6) is -1.96. The van der Waals surface area contributed by atoms with Crippen molar-refractivity contribution < 1.29 is 19.4 Å². The summed E-state index contributed by atoms with van der Waals surface area (Å²) in [6, 6.07) is 0. The summed E-state index contributed by atoms with van der Waals surface area (Å²) in [4.78, 5) is 22.3. The van der Waals surface area contributed by atoms with Crippen molar-refractivity contribution in [3.8, 4) is 0 Å². The van der Waals surface area contributed by atoms with Crippen LogP contribution in [-0.4, -0.2) is 23.1 Å². The number of hydrogen-bond acceptors (Lipinski definition) is 3. The fraction of sp³-hybridized carbons (Fsp3) is 0.818. The Morgan fingerprint density at radius 3 is 2.67 bits per heavy atom. The number of rotatable bonds is 1. The average Bonchev–Trinajstić information content (AvgIpc) is 2.38. The molecule has 1 heterocycles. The van der Waals surface area contributed by atoms with Gasteiger partial charge >= 0.3 is 11.9 Å². The van der Waals surface area contributed by atoms with Crippen molar-refractivity contribution in [2.75, 3.05) is 0 Å². The van der Waals surface area contributed by atoms with Crippen molar-refractivity contribution in [2.24, 2.45) is 17.8 Å². The van der Waals surface area contributed by atoms with E-state index in [9.17, 15) is 9.59 Å². The van der Waals surface area contributed by atoms with Gasteiger partial charge in [0.15, 0.2) is 5.92 Å². The van der Waals surface area contributed by atoms with Gasteiger partial charge in [-0.15, -0.1) is 0 Å². The quantitative estimate of drug-likeness (QED) is 0.527. The first-order valence-electron chi connectivity index (χ1n) is 5.53. The van der Waals surface area contributed by atoms with Gasteiger partial charge in [0.25, 0.3) is 0 Å². The lowest BCUT2D eigenvalue weighted by atomic mass is 9.87. The number of carbonyl (C=O) groups is 2. The van der Waals surface area contributed by atoms with E-state index < -0.39 is 17.9 Å². The molecule has 0 amide bonds. The molecule has 0 aromatic heterocycles. The van der Waals surface area contributed by atoms with Gasteiger partial charge in [0, 0.05) is 5.92 Å². The fourth-order valence-electron chi connectivity index (χ4n) is 2.68. The predicted octanol–water partition coefficient (Wildman–Crippen LogP) is 1.44. The molecule has 2 rings (SSSR count). The monoisotopic (exact) mass is 212 g/mol. The third kappa shape index (κ3) is 1.85. The topological polar surface area (TPSA) is 63.6 Å². The van der Waals surface area contributed by atoms with Crippen LogP contribution in [0.1, 0.15) is 32.6 Å². The van der Waals surface area contributed by atoms with Gasteiger partial charge in [0.05, 0.1) is 0 Å². The second-order valence-corrected chi connectivity index (χ2v) is 4.71. The van der Waals surface area contributed by atoms with E-state index in [1.54, 1.807) is 0 Å². The molecule has 2 fully saturated rings. The summed E-state index contributed by atoms with van der Waals surface area (Å²) in [6.07, 6.45) is 3.50. The van der Waals surface area contributed by atoms with Gasteiger partial charge in [-0.05, 0) is 25.2 Å². The standard InChI is InChI=1S/C11H16O4/c1-6-2-4-7-8(5-3-6)15-11(14)9(7)10(12)13/h6-9H,2-5H2,1H3,(H,12,13)/t6-,7+,8-,9+/m0/s1. The van der Waals surface area contributed by atoms with Crippen LogP contribution in [0.3, 0.4) is 0 Å². The molecule has 2 aliphatic rings. The molecular weight excluding hydrogens is 196 g/mol. The van der Waals surface area contributed by atoms with Gasteiger partial charge < -0.3 is 9.84 Å². The third-order valence-electron chi connectivity index (χ3n) is 3.63. The third-order valence-corrected chi connectivity index (χ3v) is 3.63.